The summed E-state index contributed by atoms with van der Waals surface area (Å²) >= 11 is 5.75. The van der Waals surface area contributed by atoms with E-state index in [4.69, 9.17) is 22.4 Å². The Morgan fingerprint density at radius 1 is 1.14 bits per heavy atom. The molecule has 0 fully saturated rings. The lowest BCUT2D eigenvalue weighted by molar-refractivity contribution is -0.135. The number of carboxylic acids is 1. The first-order valence-electron chi connectivity index (χ1n) is 5.96. The quantitative estimate of drug-likeness (QED) is 0.574. The van der Waals surface area contributed by atoms with E-state index in [0.29, 0.717) is 10.7 Å². The second kappa shape index (κ2) is 7.95. The lowest BCUT2D eigenvalue weighted by Gasteiger charge is -2.21. The van der Waals surface area contributed by atoms with Gasteiger partial charge in [-0.1, -0.05) is 11.6 Å². The number of carbonyl (C=O) groups is 3. The van der Waals surface area contributed by atoms with Gasteiger partial charge in [-0.2, -0.15) is 0 Å². The van der Waals surface area contributed by atoms with Crippen molar-refractivity contribution in [3.8, 4) is 0 Å². The summed E-state index contributed by atoms with van der Waals surface area (Å²) in [5.41, 5.74) is 5.27. The van der Waals surface area contributed by atoms with Gasteiger partial charge in [-0.15, -0.1) is 0 Å². The van der Waals surface area contributed by atoms with Crippen LogP contribution in [-0.2, 0) is 4.79 Å². The van der Waals surface area contributed by atoms with E-state index in [9.17, 15) is 14.4 Å². The van der Waals surface area contributed by atoms with Crippen molar-refractivity contribution >= 4 is 35.3 Å². The van der Waals surface area contributed by atoms with Crippen molar-refractivity contribution < 1.29 is 19.5 Å². The maximum absolute atomic E-state index is 12.0. The Balaban J connectivity index is 2.68. The van der Waals surface area contributed by atoms with Crippen LogP contribution in [0, 0.1) is 0 Å². The molecule has 1 rings (SSSR count). The predicted octanol–water partition coefficient (Wildman–Crippen LogP) is 0.609. The zero-order valence-electron chi connectivity index (χ0n) is 11.0. The molecule has 1 aromatic carbocycles. The Hall–Kier alpha value is -2.48. The number of carboxylic acid groups (broad SMARTS) is 1. The molecule has 21 heavy (non-hydrogen) atoms. The van der Waals surface area contributed by atoms with E-state index in [1.807, 2.05) is 0 Å². The Morgan fingerprint density at radius 3 is 2.24 bits per heavy atom. The minimum absolute atomic E-state index is 0.117. The van der Waals surface area contributed by atoms with Crippen LogP contribution in [0.25, 0.3) is 0 Å². The second-order valence-electron chi connectivity index (χ2n) is 3.98. The van der Waals surface area contributed by atoms with Gasteiger partial charge in [0.2, 0.25) is 0 Å². The van der Waals surface area contributed by atoms with Gasteiger partial charge in [-0.3, -0.25) is 9.69 Å². The molecule has 1 aromatic rings. The van der Waals surface area contributed by atoms with Crippen LogP contribution >= 0.6 is 11.6 Å². The number of halogens is 1. The van der Waals surface area contributed by atoms with Gasteiger partial charge in [-0.05, 0) is 24.3 Å². The van der Waals surface area contributed by atoms with Crippen LogP contribution < -0.4 is 21.3 Å². The summed E-state index contributed by atoms with van der Waals surface area (Å²) in [5, 5.41) is 14.1. The van der Waals surface area contributed by atoms with E-state index in [1.165, 1.54) is 12.1 Å². The van der Waals surface area contributed by atoms with Crippen molar-refractivity contribution in [2.24, 2.45) is 5.73 Å². The molecule has 0 saturated carbocycles. The van der Waals surface area contributed by atoms with Crippen molar-refractivity contribution in [3.05, 3.63) is 29.3 Å². The van der Waals surface area contributed by atoms with Crippen molar-refractivity contribution in [3.63, 3.8) is 0 Å². The van der Waals surface area contributed by atoms with E-state index >= 15 is 0 Å². The summed E-state index contributed by atoms with van der Waals surface area (Å²) < 4.78 is 0. The standard InChI is InChI=1S/C12H15ClN4O4/c13-8-1-3-9(4-2-8)17(7-10(18)19)12(21)16-6-5-15-11(14)20/h1-4H,5-7H2,(H,16,21)(H,18,19)(H3,14,15,20). The molecular formula is C12H15ClN4O4. The van der Waals surface area contributed by atoms with Crippen molar-refractivity contribution in [1.29, 1.82) is 0 Å². The number of hydrogen-bond acceptors (Lipinski definition) is 3. The zero-order valence-corrected chi connectivity index (χ0v) is 11.8. The van der Waals surface area contributed by atoms with E-state index < -0.39 is 24.6 Å². The number of rotatable bonds is 6. The average Bonchev–Trinajstić information content (AvgIpc) is 2.41. The maximum Gasteiger partial charge on any atom is 0.323 e. The number of anilines is 1. The van der Waals surface area contributed by atoms with Crippen molar-refractivity contribution in [2.75, 3.05) is 24.5 Å². The Morgan fingerprint density at radius 2 is 1.71 bits per heavy atom. The summed E-state index contributed by atoms with van der Waals surface area (Å²) in [6.45, 7) is -0.245. The predicted molar refractivity (Wildman–Crippen MR) is 77.4 cm³/mol. The second-order valence-corrected chi connectivity index (χ2v) is 4.42. The molecule has 0 bridgehead atoms. The van der Waals surface area contributed by atoms with E-state index in [0.717, 1.165) is 4.90 Å². The van der Waals surface area contributed by atoms with Crippen LogP contribution in [0.3, 0.4) is 0 Å². The fraction of sp³-hybridized carbons (Fsp3) is 0.250. The third-order valence-electron chi connectivity index (χ3n) is 2.38. The van der Waals surface area contributed by atoms with Gasteiger partial charge < -0.3 is 21.5 Å². The number of nitrogens with zero attached hydrogens (tertiary/aromatic N) is 1. The van der Waals surface area contributed by atoms with E-state index in [2.05, 4.69) is 10.6 Å². The largest absolute Gasteiger partial charge is 0.480 e. The van der Waals surface area contributed by atoms with Gasteiger partial charge in [0, 0.05) is 23.8 Å². The van der Waals surface area contributed by atoms with Crippen LogP contribution in [-0.4, -0.2) is 42.8 Å². The number of benzene rings is 1. The lowest BCUT2D eigenvalue weighted by Crippen LogP contribution is -2.45. The van der Waals surface area contributed by atoms with Gasteiger partial charge in [0.1, 0.15) is 6.54 Å². The monoisotopic (exact) mass is 314 g/mol. The highest BCUT2D eigenvalue weighted by Gasteiger charge is 2.18. The fourth-order valence-electron chi connectivity index (χ4n) is 1.49. The lowest BCUT2D eigenvalue weighted by atomic mass is 10.3. The molecule has 0 spiro atoms. The maximum atomic E-state index is 12.0. The van der Waals surface area contributed by atoms with Gasteiger partial charge in [-0.25, -0.2) is 9.59 Å². The highest BCUT2D eigenvalue weighted by atomic mass is 35.5. The Kier molecular flexibility index (Phi) is 6.28. The number of amides is 4. The van der Waals surface area contributed by atoms with Crippen LogP contribution in [0.15, 0.2) is 24.3 Å². The number of aliphatic carboxylic acids is 1. The van der Waals surface area contributed by atoms with Gasteiger partial charge in [0.05, 0.1) is 0 Å². The first kappa shape index (κ1) is 16.6. The van der Waals surface area contributed by atoms with Gasteiger partial charge in [0.25, 0.3) is 0 Å². The minimum atomic E-state index is -1.16. The third kappa shape index (κ3) is 6.00. The molecule has 0 aliphatic carbocycles. The fourth-order valence-corrected chi connectivity index (χ4v) is 1.61. The molecule has 0 atom stereocenters. The molecule has 0 aromatic heterocycles. The molecular weight excluding hydrogens is 300 g/mol. The molecule has 0 aliphatic heterocycles. The molecule has 0 saturated heterocycles. The SMILES string of the molecule is NC(=O)NCCNC(=O)N(CC(=O)O)c1ccc(Cl)cc1. The van der Waals surface area contributed by atoms with Crippen LogP contribution in [0.5, 0.6) is 0 Å². The molecule has 5 N–H and O–H groups in total. The number of urea groups is 2. The normalized spacial score (nSPS) is 9.76. The molecule has 114 valence electrons. The first-order chi connectivity index (χ1) is 9.90. The third-order valence-corrected chi connectivity index (χ3v) is 2.63. The van der Waals surface area contributed by atoms with Crippen LogP contribution in [0.1, 0.15) is 0 Å². The van der Waals surface area contributed by atoms with E-state index in [1.54, 1.807) is 12.1 Å². The molecule has 0 radical (unpaired) electrons. The molecule has 0 aliphatic rings. The smallest absolute Gasteiger partial charge is 0.323 e. The molecule has 0 unspecified atom stereocenters. The number of primary amides is 1. The summed E-state index contributed by atoms with van der Waals surface area (Å²) in [6.07, 6.45) is 0. The number of nitrogens with two attached hydrogens (primary N) is 1. The summed E-state index contributed by atoms with van der Waals surface area (Å²) in [4.78, 5) is 34.4. The highest BCUT2D eigenvalue weighted by molar-refractivity contribution is 6.30. The van der Waals surface area contributed by atoms with Crippen LogP contribution in [0.4, 0.5) is 15.3 Å². The first-order valence-corrected chi connectivity index (χ1v) is 6.34. The number of carbonyl (C=O) groups excluding carboxylic acids is 2. The highest BCUT2D eigenvalue weighted by Crippen LogP contribution is 2.17. The number of nitrogens with one attached hydrogen (secondary N) is 2. The van der Waals surface area contributed by atoms with Gasteiger partial charge >= 0.3 is 18.0 Å². The minimum Gasteiger partial charge on any atom is -0.480 e. The zero-order chi connectivity index (χ0) is 15.8. The topological polar surface area (TPSA) is 125 Å². The van der Waals surface area contributed by atoms with Crippen molar-refractivity contribution in [2.45, 2.75) is 0 Å². The van der Waals surface area contributed by atoms with Crippen molar-refractivity contribution in [1.82, 2.24) is 10.6 Å². The summed E-state index contributed by atoms with van der Waals surface area (Å²) in [5.74, 6) is -1.16. The van der Waals surface area contributed by atoms with Crippen LogP contribution in [0.2, 0.25) is 5.02 Å². The summed E-state index contributed by atoms with van der Waals surface area (Å²) in [7, 11) is 0. The molecule has 8 nitrogen and oxygen atoms in total. The Labute approximate surface area is 125 Å². The summed E-state index contributed by atoms with van der Waals surface area (Å²) in [6, 6.07) is 4.86. The molecule has 4 amide bonds. The van der Waals surface area contributed by atoms with E-state index in [-0.39, 0.29) is 13.1 Å². The Bertz CT molecular complexity index is 520. The number of hydrogen-bond donors (Lipinski definition) is 4. The van der Waals surface area contributed by atoms with Gasteiger partial charge in [0.15, 0.2) is 0 Å². The molecule has 9 heteroatoms. The molecule has 0 heterocycles. The average molecular weight is 315 g/mol.